The van der Waals surface area contributed by atoms with Crippen LogP contribution in [0.2, 0.25) is 0 Å². The molecule has 1 aliphatic carbocycles. The number of carbonyl (C=O) groups excluding carboxylic acids is 1. The molecular weight excluding hydrogens is 418 g/mol. The molecule has 4 rings (SSSR count). The van der Waals surface area contributed by atoms with Crippen LogP contribution in [0.5, 0.6) is 11.5 Å². The summed E-state index contributed by atoms with van der Waals surface area (Å²) < 4.78 is 6.39. The average Bonchev–Trinajstić information content (AvgIpc) is 3.11. The third-order valence-corrected chi connectivity index (χ3v) is 6.30. The second-order valence-corrected chi connectivity index (χ2v) is 8.62. The molecule has 0 aliphatic heterocycles. The smallest absolute Gasteiger partial charge is 0.279 e. The number of aromatic nitrogens is 3. The van der Waals surface area contributed by atoms with Gasteiger partial charge in [0, 0.05) is 4.88 Å². The molecule has 31 heavy (non-hydrogen) atoms. The Balaban J connectivity index is 1.46. The van der Waals surface area contributed by atoms with Crippen LogP contribution in [0.25, 0.3) is 10.2 Å². The number of amides is 1. The zero-order chi connectivity index (χ0) is 22.0. The molecule has 1 unspecified atom stereocenters. The molecule has 1 aliphatic rings. The molecule has 3 aromatic rings. The molecule has 0 saturated carbocycles. The van der Waals surface area contributed by atoms with E-state index in [0.29, 0.717) is 34.1 Å². The number of carbonyl (C=O) groups is 1. The van der Waals surface area contributed by atoms with E-state index >= 15 is 0 Å². The lowest BCUT2D eigenvalue weighted by Crippen LogP contribution is -2.32. The van der Waals surface area contributed by atoms with E-state index in [4.69, 9.17) is 4.74 Å². The van der Waals surface area contributed by atoms with Gasteiger partial charge in [0.1, 0.15) is 6.54 Å². The number of benzene rings is 1. The molecule has 9 nitrogen and oxygen atoms in total. The first-order valence-corrected chi connectivity index (χ1v) is 10.9. The number of phenolic OH excluding ortho intramolecular Hbond substituents is 1. The number of rotatable bonds is 6. The highest BCUT2D eigenvalue weighted by Gasteiger charge is 2.24. The van der Waals surface area contributed by atoms with E-state index in [0.717, 1.165) is 29.5 Å². The average molecular weight is 442 g/mol. The van der Waals surface area contributed by atoms with Crippen LogP contribution in [0.15, 0.2) is 28.1 Å². The standard InChI is InChI=1S/C21H23N5O4S/c1-3-30-16-9-13(5-7-15(16)27)10-22-23-18(28)11-26-21(29)19-14-6-4-12(2)8-17(14)31-20(19)24-25-26/h5,7,9-10,12,27H,3-4,6,8,11H2,1-2H3,(H,23,28)/b22-10+. The van der Waals surface area contributed by atoms with E-state index in [1.54, 1.807) is 12.1 Å². The summed E-state index contributed by atoms with van der Waals surface area (Å²) in [5.74, 6) is 0.467. The number of nitrogens with zero attached hydrogens (tertiary/aromatic N) is 4. The number of nitrogens with one attached hydrogen (secondary N) is 1. The van der Waals surface area contributed by atoms with Gasteiger partial charge < -0.3 is 9.84 Å². The SMILES string of the molecule is CCOc1cc(/C=N/NC(=O)Cn2nnc3sc4c(c3c2=O)CCC(C)C4)ccc1O. The van der Waals surface area contributed by atoms with Crippen LogP contribution in [0, 0.1) is 5.92 Å². The Morgan fingerprint density at radius 2 is 2.32 bits per heavy atom. The van der Waals surface area contributed by atoms with E-state index < -0.39 is 5.91 Å². The number of aromatic hydroxyl groups is 1. The van der Waals surface area contributed by atoms with E-state index in [-0.39, 0.29) is 17.9 Å². The zero-order valence-electron chi connectivity index (χ0n) is 17.3. The quantitative estimate of drug-likeness (QED) is 0.447. The van der Waals surface area contributed by atoms with Crippen molar-refractivity contribution in [3.05, 3.63) is 44.6 Å². The summed E-state index contributed by atoms with van der Waals surface area (Å²) >= 11 is 1.52. The van der Waals surface area contributed by atoms with Crippen molar-refractivity contribution < 1.29 is 14.6 Å². The molecule has 2 aromatic heterocycles. The maximum absolute atomic E-state index is 12.9. The zero-order valence-corrected chi connectivity index (χ0v) is 18.1. The van der Waals surface area contributed by atoms with Gasteiger partial charge in [0.15, 0.2) is 16.3 Å². The van der Waals surface area contributed by atoms with Crippen LogP contribution < -0.4 is 15.7 Å². The van der Waals surface area contributed by atoms with Gasteiger partial charge in [-0.2, -0.15) is 5.10 Å². The van der Waals surface area contributed by atoms with E-state index in [1.165, 1.54) is 28.5 Å². The van der Waals surface area contributed by atoms with Crippen LogP contribution in [-0.2, 0) is 24.2 Å². The lowest BCUT2D eigenvalue weighted by Gasteiger charge is -2.17. The fraction of sp³-hybridized carbons (Fsp3) is 0.381. The molecule has 1 aromatic carbocycles. The first kappa shape index (κ1) is 21.0. The first-order chi connectivity index (χ1) is 15.0. The molecule has 0 bridgehead atoms. The molecule has 0 radical (unpaired) electrons. The van der Waals surface area contributed by atoms with Gasteiger partial charge in [0.05, 0.1) is 18.2 Å². The largest absolute Gasteiger partial charge is 0.504 e. The molecule has 2 N–H and O–H groups in total. The van der Waals surface area contributed by atoms with Crippen molar-refractivity contribution >= 4 is 33.7 Å². The third-order valence-electron chi connectivity index (χ3n) is 5.16. The van der Waals surface area contributed by atoms with Gasteiger partial charge in [-0.3, -0.25) is 9.59 Å². The van der Waals surface area contributed by atoms with Gasteiger partial charge in [-0.15, -0.1) is 16.4 Å². The van der Waals surface area contributed by atoms with Crippen molar-refractivity contribution in [2.75, 3.05) is 6.61 Å². The number of hydrazone groups is 1. The Morgan fingerprint density at radius 3 is 3.13 bits per heavy atom. The van der Waals surface area contributed by atoms with Crippen molar-refractivity contribution in [2.45, 2.75) is 39.7 Å². The van der Waals surface area contributed by atoms with Crippen LogP contribution in [0.3, 0.4) is 0 Å². The maximum Gasteiger partial charge on any atom is 0.279 e. The number of phenols is 1. The van der Waals surface area contributed by atoms with Crippen LogP contribution in [-0.4, -0.2) is 38.8 Å². The minimum Gasteiger partial charge on any atom is -0.504 e. The molecule has 10 heteroatoms. The van der Waals surface area contributed by atoms with Crippen molar-refractivity contribution in [2.24, 2.45) is 11.0 Å². The third kappa shape index (κ3) is 4.43. The molecule has 0 saturated heterocycles. The van der Waals surface area contributed by atoms with Gasteiger partial charge in [0.25, 0.3) is 11.5 Å². The van der Waals surface area contributed by atoms with Crippen LogP contribution >= 0.6 is 11.3 Å². The van der Waals surface area contributed by atoms with Gasteiger partial charge in [0.2, 0.25) is 0 Å². The number of hydrogen-bond acceptors (Lipinski definition) is 8. The molecular formula is C21H23N5O4S. The second kappa shape index (κ2) is 8.84. The number of thiophene rings is 1. The number of aryl methyl sites for hydroxylation is 1. The van der Waals surface area contributed by atoms with Crippen molar-refractivity contribution in [3.63, 3.8) is 0 Å². The number of fused-ring (bicyclic) bond motifs is 3. The lowest BCUT2D eigenvalue weighted by atomic mass is 9.89. The van der Waals surface area contributed by atoms with Gasteiger partial charge in [-0.05, 0) is 61.4 Å². The van der Waals surface area contributed by atoms with Gasteiger partial charge >= 0.3 is 0 Å². The molecule has 1 atom stereocenters. The van der Waals surface area contributed by atoms with Crippen molar-refractivity contribution in [3.8, 4) is 11.5 Å². The predicted octanol–water partition coefficient (Wildman–Crippen LogP) is 2.23. The summed E-state index contributed by atoms with van der Waals surface area (Å²) in [7, 11) is 0. The van der Waals surface area contributed by atoms with Crippen LogP contribution in [0.1, 0.15) is 36.3 Å². The Bertz CT molecular complexity index is 1220. The highest BCUT2D eigenvalue weighted by molar-refractivity contribution is 7.18. The number of ether oxygens (including phenoxy) is 1. The summed E-state index contributed by atoms with van der Waals surface area (Å²) in [6, 6.07) is 4.73. The van der Waals surface area contributed by atoms with Gasteiger partial charge in [-0.25, -0.2) is 10.1 Å². The summed E-state index contributed by atoms with van der Waals surface area (Å²) in [6.07, 6.45) is 4.27. The molecule has 2 heterocycles. The van der Waals surface area contributed by atoms with Crippen LogP contribution in [0.4, 0.5) is 0 Å². The fourth-order valence-corrected chi connectivity index (χ4v) is 4.95. The predicted molar refractivity (Wildman–Crippen MR) is 118 cm³/mol. The normalized spacial score (nSPS) is 15.9. The second-order valence-electron chi connectivity index (χ2n) is 7.54. The van der Waals surface area contributed by atoms with Crippen molar-refractivity contribution in [1.29, 1.82) is 0 Å². The Labute approximate surface area is 182 Å². The molecule has 0 fully saturated rings. The molecule has 1 amide bonds. The summed E-state index contributed by atoms with van der Waals surface area (Å²) in [5, 5.41) is 22.3. The first-order valence-electron chi connectivity index (χ1n) is 10.1. The molecule has 162 valence electrons. The Hall–Kier alpha value is -3.27. The monoisotopic (exact) mass is 441 g/mol. The summed E-state index contributed by atoms with van der Waals surface area (Å²) in [4.78, 5) is 27.0. The topological polar surface area (TPSA) is 119 Å². The Morgan fingerprint density at radius 1 is 1.48 bits per heavy atom. The van der Waals surface area contributed by atoms with Crippen molar-refractivity contribution in [1.82, 2.24) is 20.4 Å². The summed E-state index contributed by atoms with van der Waals surface area (Å²) in [6.45, 7) is 4.16. The minimum absolute atomic E-state index is 0.0291. The van der Waals surface area contributed by atoms with E-state index in [1.807, 2.05) is 6.92 Å². The highest BCUT2D eigenvalue weighted by Crippen LogP contribution is 2.35. The minimum atomic E-state index is -0.492. The molecule has 0 spiro atoms. The van der Waals surface area contributed by atoms with E-state index in [9.17, 15) is 14.7 Å². The summed E-state index contributed by atoms with van der Waals surface area (Å²) in [5.41, 5.74) is 3.79. The lowest BCUT2D eigenvalue weighted by molar-refractivity contribution is -0.121. The highest BCUT2D eigenvalue weighted by atomic mass is 32.1. The number of hydrogen-bond donors (Lipinski definition) is 2. The Kier molecular flexibility index (Phi) is 5.99. The fourth-order valence-electron chi connectivity index (χ4n) is 3.63. The van der Waals surface area contributed by atoms with E-state index in [2.05, 4.69) is 27.8 Å². The maximum atomic E-state index is 12.9. The van der Waals surface area contributed by atoms with Gasteiger partial charge in [-0.1, -0.05) is 12.1 Å².